The molecule has 0 radical (unpaired) electrons. The highest BCUT2D eigenvalue weighted by Gasteiger charge is 2.19. The van der Waals surface area contributed by atoms with Crippen molar-refractivity contribution in [3.8, 4) is 0 Å². The van der Waals surface area contributed by atoms with Crippen LogP contribution in [0.2, 0.25) is 5.02 Å². The van der Waals surface area contributed by atoms with Crippen LogP contribution < -0.4 is 5.73 Å². The van der Waals surface area contributed by atoms with Gasteiger partial charge in [0.1, 0.15) is 5.76 Å². The van der Waals surface area contributed by atoms with Gasteiger partial charge in [-0.1, -0.05) is 35.9 Å². The molecule has 0 bridgehead atoms. The molecular weight excluding hydrogens is 345 g/mol. The minimum absolute atomic E-state index is 0.212. The van der Waals surface area contributed by atoms with Crippen molar-refractivity contribution in [3.63, 3.8) is 0 Å². The second-order valence-electron chi connectivity index (χ2n) is 4.43. The summed E-state index contributed by atoms with van der Waals surface area (Å²) in [5.41, 5.74) is 7.11. The van der Waals surface area contributed by atoms with Crippen LogP contribution in [0.5, 0.6) is 0 Å². The molecule has 0 spiro atoms. The van der Waals surface area contributed by atoms with Gasteiger partial charge in [-0.3, -0.25) is 0 Å². The second kappa shape index (κ2) is 5.20. The van der Waals surface area contributed by atoms with E-state index in [0.29, 0.717) is 16.2 Å². The lowest BCUT2D eigenvalue weighted by Crippen LogP contribution is -2.11. The van der Waals surface area contributed by atoms with Gasteiger partial charge in [-0.25, -0.2) is 4.39 Å². The highest BCUT2D eigenvalue weighted by molar-refractivity contribution is 9.10. The molecule has 0 amide bonds. The van der Waals surface area contributed by atoms with Gasteiger partial charge in [0.05, 0.1) is 11.1 Å². The van der Waals surface area contributed by atoms with Crippen molar-refractivity contribution in [2.75, 3.05) is 0 Å². The Labute approximate surface area is 128 Å². The number of para-hydroxylation sites is 1. The molecule has 0 saturated heterocycles. The van der Waals surface area contributed by atoms with Crippen molar-refractivity contribution in [2.24, 2.45) is 5.73 Å². The molecule has 3 aromatic rings. The molecule has 0 saturated carbocycles. The van der Waals surface area contributed by atoms with Gasteiger partial charge >= 0.3 is 0 Å². The number of fused-ring (bicyclic) bond motifs is 1. The van der Waals surface area contributed by atoms with E-state index in [1.165, 1.54) is 6.07 Å². The zero-order valence-electron chi connectivity index (χ0n) is 10.2. The fourth-order valence-corrected chi connectivity index (χ4v) is 2.74. The van der Waals surface area contributed by atoms with E-state index in [4.69, 9.17) is 21.8 Å². The van der Waals surface area contributed by atoms with Crippen molar-refractivity contribution in [2.45, 2.75) is 6.04 Å². The normalized spacial score (nSPS) is 12.8. The lowest BCUT2D eigenvalue weighted by Gasteiger charge is -2.11. The third-order valence-electron chi connectivity index (χ3n) is 3.14. The van der Waals surface area contributed by atoms with Crippen LogP contribution in [-0.2, 0) is 0 Å². The quantitative estimate of drug-likeness (QED) is 0.700. The Kier molecular flexibility index (Phi) is 3.54. The Morgan fingerprint density at radius 2 is 1.95 bits per heavy atom. The summed E-state index contributed by atoms with van der Waals surface area (Å²) < 4.78 is 19.9. The van der Waals surface area contributed by atoms with Crippen molar-refractivity contribution < 1.29 is 8.81 Å². The van der Waals surface area contributed by atoms with Gasteiger partial charge in [0.15, 0.2) is 11.4 Å². The standard InChI is InChI=1S/C15H10BrClFNO/c16-10-5-2-4-9(13(10)17)14(19)12-7-8-3-1-6-11(18)15(8)20-12/h1-7,14H,19H2. The van der Waals surface area contributed by atoms with Crippen LogP contribution >= 0.6 is 27.5 Å². The van der Waals surface area contributed by atoms with Crippen molar-refractivity contribution in [3.05, 3.63) is 69.1 Å². The number of hydrogen-bond donors (Lipinski definition) is 1. The number of benzene rings is 2. The Morgan fingerprint density at radius 3 is 2.70 bits per heavy atom. The molecule has 0 aliphatic rings. The maximum absolute atomic E-state index is 13.6. The molecule has 2 aromatic carbocycles. The molecule has 20 heavy (non-hydrogen) atoms. The zero-order chi connectivity index (χ0) is 14.3. The summed E-state index contributed by atoms with van der Waals surface area (Å²) >= 11 is 9.58. The van der Waals surface area contributed by atoms with Gasteiger partial charge in [-0.05, 0) is 39.7 Å². The summed E-state index contributed by atoms with van der Waals surface area (Å²) in [5.74, 6) is 0.0754. The van der Waals surface area contributed by atoms with Gasteiger partial charge in [-0.15, -0.1) is 0 Å². The minimum atomic E-state index is -0.549. The van der Waals surface area contributed by atoms with E-state index in [1.54, 1.807) is 18.2 Å². The fraction of sp³-hybridized carbons (Fsp3) is 0.0667. The van der Waals surface area contributed by atoms with Gasteiger partial charge in [0, 0.05) is 9.86 Å². The molecule has 0 aliphatic carbocycles. The SMILES string of the molecule is NC(c1cc2cccc(F)c2o1)c1cccc(Br)c1Cl. The predicted octanol–water partition coefficient (Wildman–Crippen LogP) is 5.04. The number of furan rings is 1. The van der Waals surface area contributed by atoms with Crippen LogP contribution in [0, 0.1) is 5.82 Å². The number of halogens is 3. The largest absolute Gasteiger partial charge is 0.456 e. The summed E-state index contributed by atoms with van der Waals surface area (Å²) in [7, 11) is 0. The Hall–Kier alpha value is -1.36. The van der Waals surface area contributed by atoms with Crippen molar-refractivity contribution in [1.82, 2.24) is 0 Å². The molecule has 1 unspecified atom stereocenters. The van der Waals surface area contributed by atoms with E-state index < -0.39 is 11.9 Å². The van der Waals surface area contributed by atoms with Crippen molar-refractivity contribution in [1.29, 1.82) is 0 Å². The zero-order valence-corrected chi connectivity index (χ0v) is 12.6. The molecule has 2 nitrogen and oxygen atoms in total. The lowest BCUT2D eigenvalue weighted by molar-refractivity contribution is 0.502. The average molecular weight is 355 g/mol. The first-order valence-corrected chi connectivity index (χ1v) is 7.12. The second-order valence-corrected chi connectivity index (χ2v) is 5.66. The van der Waals surface area contributed by atoms with Crippen molar-refractivity contribution >= 4 is 38.5 Å². The topological polar surface area (TPSA) is 39.2 Å². The first-order valence-electron chi connectivity index (χ1n) is 5.95. The van der Waals surface area contributed by atoms with Crippen LogP contribution in [0.15, 0.2) is 51.4 Å². The average Bonchev–Trinajstić information content (AvgIpc) is 2.87. The molecule has 0 aliphatic heterocycles. The third-order valence-corrected chi connectivity index (χ3v) is 4.45. The molecule has 102 valence electrons. The van der Waals surface area contributed by atoms with E-state index in [1.807, 2.05) is 18.2 Å². The lowest BCUT2D eigenvalue weighted by atomic mass is 10.1. The molecule has 2 N–H and O–H groups in total. The van der Waals surface area contributed by atoms with E-state index in [9.17, 15) is 4.39 Å². The van der Waals surface area contributed by atoms with Gasteiger partial charge in [-0.2, -0.15) is 0 Å². The van der Waals surface area contributed by atoms with Crippen LogP contribution in [0.25, 0.3) is 11.0 Å². The maximum atomic E-state index is 13.6. The molecule has 1 atom stereocenters. The van der Waals surface area contributed by atoms with Crippen LogP contribution in [0.3, 0.4) is 0 Å². The van der Waals surface area contributed by atoms with Crippen LogP contribution in [-0.4, -0.2) is 0 Å². The smallest absolute Gasteiger partial charge is 0.169 e. The van der Waals surface area contributed by atoms with Gasteiger partial charge < -0.3 is 10.2 Å². The molecule has 1 heterocycles. The molecular formula is C15H10BrClFNO. The van der Waals surface area contributed by atoms with Gasteiger partial charge in [0.2, 0.25) is 0 Å². The molecule has 5 heteroatoms. The monoisotopic (exact) mass is 353 g/mol. The van der Waals surface area contributed by atoms with E-state index in [0.717, 1.165) is 10.0 Å². The Morgan fingerprint density at radius 1 is 1.20 bits per heavy atom. The predicted molar refractivity (Wildman–Crippen MR) is 81.4 cm³/mol. The Bertz CT molecular complexity index is 787. The Balaban J connectivity index is 2.10. The summed E-state index contributed by atoms with van der Waals surface area (Å²) in [4.78, 5) is 0. The van der Waals surface area contributed by atoms with E-state index in [-0.39, 0.29) is 5.58 Å². The minimum Gasteiger partial charge on any atom is -0.456 e. The third kappa shape index (κ3) is 2.24. The number of nitrogens with two attached hydrogens (primary N) is 1. The first kappa shape index (κ1) is 13.6. The fourth-order valence-electron chi connectivity index (χ4n) is 2.11. The first-order chi connectivity index (χ1) is 9.58. The van der Waals surface area contributed by atoms with Gasteiger partial charge in [0.25, 0.3) is 0 Å². The highest BCUT2D eigenvalue weighted by atomic mass is 79.9. The van der Waals surface area contributed by atoms with Crippen LogP contribution in [0.1, 0.15) is 17.4 Å². The summed E-state index contributed by atoms with van der Waals surface area (Å²) in [5, 5.41) is 1.21. The number of rotatable bonds is 2. The summed E-state index contributed by atoms with van der Waals surface area (Å²) in [6.07, 6.45) is 0. The highest BCUT2D eigenvalue weighted by Crippen LogP contribution is 2.34. The van der Waals surface area contributed by atoms with E-state index in [2.05, 4.69) is 15.9 Å². The summed E-state index contributed by atoms with van der Waals surface area (Å²) in [6, 6.07) is 11.4. The summed E-state index contributed by atoms with van der Waals surface area (Å²) in [6.45, 7) is 0. The molecule has 0 fully saturated rings. The van der Waals surface area contributed by atoms with Crippen LogP contribution in [0.4, 0.5) is 4.39 Å². The number of hydrogen-bond acceptors (Lipinski definition) is 2. The molecule has 1 aromatic heterocycles. The van der Waals surface area contributed by atoms with E-state index >= 15 is 0 Å². The molecule has 3 rings (SSSR count). The maximum Gasteiger partial charge on any atom is 0.169 e.